The molecule has 2 aromatic rings. The molecule has 0 radical (unpaired) electrons. The molecule has 0 bridgehead atoms. The molecule has 0 saturated carbocycles. The van der Waals surface area contributed by atoms with Crippen LogP contribution in [0.1, 0.15) is 5.56 Å². The number of anilines is 1. The zero-order valence-corrected chi connectivity index (χ0v) is 19.2. The number of rotatable bonds is 9. The van der Waals surface area contributed by atoms with E-state index in [0.29, 0.717) is 17.3 Å². The maximum atomic E-state index is 12.2. The number of hydrogen-bond donors (Lipinski definition) is 1. The fourth-order valence-corrected chi connectivity index (χ4v) is 4.39. The Kier molecular flexibility index (Phi) is 8.71. The highest BCUT2D eigenvalue weighted by atomic mass is 127. The summed E-state index contributed by atoms with van der Waals surface area (Å²) in [5.41, 5.74) is 1.64. The topological polar surface area (TPSA) is 66.5 Å². The zero-order valence-electron chi connectivity index (χ0n) is 14.7. The van der Waals surface area contributed by atoms with E-state index in [1.165, 1.54) is 0 Å². The molecule has 0 aliphatic carbocycles. The number of halogens is 2. The second kappa shape index (κ2) is 10.5. The Morgan fingerprint density at radius 3 is 2.37 bits per heavy atom. The molecule has 1 N–H and O–H groups in total. The van der Waals surface area contributed by atoms with Crippen LogP contribution in [-0.2, 0) is 20.6 Å². The molecule has 0 aliphatic rings. The van der Waals surface area contributed by atoms with Crippen LogP contribution in [0.2, 0.25) is 5.02 Å². The number of sulfonamides is 1. The van der Waals surface area contributed by atoms with Crippen molar-refractivity contribution in [2.45, 2.75) is 5.75 Å². The highest BCUT2D eigenvalue weighted by Crippen LogP contribution is 2.19. The minimum atomic E-state index is -3.55. The van der Waals surface area contributed by atoms with Crippen LogP contribution < -0.4 is 9.62 Å². The van der Waals surface area contributed by atoms with Crippen molar-refractivity contribution < 1.29 is 13.2 Å². The number of carbonyl (C=O) groups is 1. The van der Waals surface area contributed by atoms with E-state index < -0.39 is 10.0 Å². The third kappa shape index (κ3) is 7.89. The van der Waals surface area contributed by atoms with Gasteiger partial charge in [0.2, 0.25) is 15.9 Å². The van der Waals surface area contributed by atoms with Crippen LogP contribution in [-0.4, -0.2) is 39.4 Å². The van der Waals surface area contributed by atoms with Gasteiger partial charge in [-0.05, 0) is 64.6 Å². The van der Waals surface area contributed by atoms with Gasteiger partial charge in [-0.15, -0.1) is 0 Å². The summed E-state index contributed by atoms with van der Waals surface area (Å²) in [6.45, 7) is 0.239. The lowest BCUT2D eigenvalue weighted by molar-refractivity contribution is -0.119. The Balaban J connectivity index is 1.80. The molecule has 0 unspecified atom stereocenters. The molecule has 0 spiro atoms. The van der Waals surface area contributed by atoms with E-state index >= 15 is 0 Å². The lowest BCUT2D eigenvalue weighted by Gasteiger charge is -2.22. The number of hydrogen-bond acceptors (Lipinski definition) is 4. The predicted molar refractivity (Wildman–Crippen MR) is 122 cm³/mol. The van der Waals surface area contributed by atoms with Gasteiger partial charge in [0.25, 0.3) is 0 Å². The molecule has 9 heteroatoms. The molecule has 0 saturated heterocycles. The molecule has 0 aromatic heterocycles. The molecule has 27 heavy (non-hydrogen) atoms. The van der Waals surface area contributed by atoms with Crippen LogP contribution >= 0.6 is 46.0 Å². The summed E-state index contributed by atoms with van der Waals surface area (Å²) >= 11 is 9.68. The minimum absolute atomic E-state index is 0.235. The third-order valence-corrected chi connectivity index (χ3v) is 6.69. The summed E-state index contributed by atoms with van der Waals surface area (Å²) in [7, 11) is -3.55. The van der Waals surface area contributed by atoms with Gasteiger partial charge in [0.05, 0.1) is 11.9 Å². The molecular formula is C18H20ClIN2O3S2. The summed E-state index contributed by atoms with van der Waals surface area (Å²) in [5.74, 6) is 1.23. The first-order chi connectivity index (χ1) is 12.8. The number of nitrogens with zero attached hydrogens (tertiary/aromatic N) is 1. The standard InChI is InChI=1S/C18H20ClIN2O3S2/c1-27(24,25)22(17-8-6-16(20)7-9-17)12-18(23)21-10-11-26-13-14-2-4-15(19)5-3-14/h2-9H,10-13H2,1H3,(H,21,23). The summed E-state index contributed by atoms with van der Waals surface area (Å²) in [5, 5.41) is 3.48. The smallest absolute Gasteiger partial charge is 0.240 e. The Labute approximate surface area is 183 Å². The van der Waals surface area contributed by atoms with Crippen LogP contribution in [0.15, 0.2) is 48.5 Å². The normalized spacial score (nSPS) is 11.2. The molecular weight excluding hydrogens is 519 g/mol. The zero-order chi connectivity index (χ0) is 19.9. The van der Waals surface area contributed by atoms with Crippen LogP contribution in [0.3, 0.4) is 0 Å². The predicted octanol–water partition coefficient (Wildman–Crippen LogP) is 3.76. The third-order valence-electron chi connectivity index (χ3n) is 3.55. The first-order valence-electron chi connectivity index (χ1n) is 8.08. The van der Waals surface area contributed by atoms with Crippen molar-refractivity contribution in [1.82, 2.24) is 5.32 Å². The number of thioether (sulfide) groups is 1. The molecule has 0 aliphatic heterocycles. The summed E-state index contributed by atoms with van der Waals surface area (Å²) in [4.78, 5) is 12.2. The number of nitrogens with one attached hydrogen (secondary N) is 1. The first kappa shape index (κ1) is 22.3. The molecule has 146 valence electrons. The minimum Gasteiger partial charge on any atom is -0.354 e. The Hall–Kier alpha value is -0.970. The summed E-state index contributed by atoms with van der Waals surface area (Å²) in [6.07, 6.45) is 1.10. The molecule has 5 nitrogen and oxygen atoms in total. The SMILES string of the molecule is CS(=O)(=O)N(CC(=O)NCCSCc1ccc(Cl)cc1)c1ccc(I)cc1. The van der Waals surface area contributed by atoms with E-state index in [1.54, 1.807) is 36.0 Å². The van der Waals surface area contributed by atoms with Gasteiger partial charge in [0, 0.05) is 26.6 Å². The Morgan fingerprint density at radius 2 is 1.78 bits per heavy atom. The van der Waals surface area contributed by atoms with Gasteiger partial charge in [-0.25, -0.2) is 8.42 Å². The van der Waals surface area contributed by atoms with Gasteiger partial charge in [0.15, 0.2) is 0 Å². The van der Waals surface area contributed by atoms with Crippen LogP contribution in [0.25, 0.3) is 0 Å². The van der Waals surface area contributed by atoms with Gasteiger partial charge < -0.3 is 5.32 Å². The van der Waals surface area contributed by atoms with E-state index in [2.05, 4.69) is 27.9 Å². The Bertz CT molecular complexity index is 859. The average molecular weight is 539 g/mol. The summed E-state index contributed by atoms with van der Waals surface area (Å²) in [6, 6.07) is 14.6. The number of amides is 1. The van der Waals surface area contributed by atoms with E-state index in [1.807, 2.05) is 24.3 Å². The van der Waals surface area contributed by atoms with E-state index in [0.717, 1.165) is 31.2 Å². The molecule has 2 rings (SSSR count). The highest BCUT2D eigenvalue weighted by molar-refractivity contribution is 14.1. The van der Waals surface area contributed by atoms with Crippen molar-refractivity contribution in [3.63, 3.8) is 0 Å². The van der Waals surface area contributed by atoms with Gasteiger partial charge in [-0.2, -0.15) is 11.8 Å². The monoisotopic (exact) mass is 538 g/mol. The average Bonchev–Trinajstić information content (AvgIpc) is 2.61. The van der Waals surface area contributed by atoms with Crippen molar-refractivity contribution in [2.24, 2.45) is 0 Å². The van der Waals surface area contributed by atoms with Crippen molar-refractivity contribution in [1.29, 1.82) is 0 Å². The van der Waals surface area contributed by atoms with Gasteiger partial charge >= 0.3 is 0 Å². The van der Waals surface area contributed by atoms with E-state index in [4.69, 9.17) is 11.6 Å². The van der Waals surface area contributed by atoms with Crippen molar-refractivity contribution in [3.8, 4) is 0 Å². The molecule has 1 amide bonds. The molecule has 0 heterocycles. The lowest BCUT2D eigenvalue weighted by atomic mass is 10.2. The second-order valence-corrected chi connectivity index (χ2v) is 10.5. The molecule has 0 atom stereocenters. The van der Waals surface area contributed by atoms with Crippen molar-refractivity contribution >= 4 is 67.6 Å². The van der Waals surface area contributed by atoms with E-state index in [9.17, 15) is 13.2 Å². The van der Waals surface area contributed by atoms with E-state index in [-0.39, 0.29) is 12.5 Å². The van der Waals surface area contributed by atoms with Crippen LogP contribution in [0.5, 0.6) is 0 Å². The maximum absolute atomic E-state index is 12.2. The Morgan fingerprint density at radius 1 is 1.15 bits per heavy atom. The fourth-order valence-electron chi connectivity index (χ4n) is 2.23. The summed E-state index contributed by atoms with van der Waals surface area (Å²) < 4.78 is 26.2. The van der Waals surface area contributed by atoms with Gasteiger partial charge in [-0.1, -0.05) is 23.7 Å². The first-order valence-corrected chi connectivity index (χ1v) is 12.5. The molecule has 2 aromatic carbocycles. The largest absolute Gasteiger partial charge is 0.354 e. The fraction of sp³-hybridized carbons (Fsp3) is 0.278. The quantitative estimate of drug-likeness (QED) is 0.390. The maximum Gasteiger partial charge on any atom is 0.240 e. The lowest BCUT2D eigenvalue weighted by Crippen LogP contribution is -2.41. The molecule has 0 fully saturated rings. The van der Waals surface area contributed by atoms with Crippen molar-refractivity contribution in [3.05, 3.63) is 62.7 Å². The second-order valence-electron chi connectivity index (χ2n) is 5.78. The van der Waals surface area contributed by atoms with Gasteiger partial charge in [-0.3, -0.25) is 9.10 Å². The van der Waals surface area contributed by atoms with Gasteiger partial charge in [0.1, 0.15) is 6.54 Å². The van der Waals surface area contributed by atoms with Crippen molar-refractivity contribution in [2.75, 3.05) is 29.4 Å². The van der Waals surface area contributed by atoms with Crippen LogP contribution in [0, 0.1) is 3.57 Å². The number of benzene rings is 2. The number of carbonyl (C=O) groups excluding carboxylic acids is 1. The highest BCUT2D eigenvalue weighted by Gasteiger charge is 2.20. The van der Waals surface area contributed by atoms with Crippen LogP contribution in [0.4, 0.5) is 5.69 Å².